The first kappa shape index (κ1) is 18.0. The molecule has 1 aromatic carbocycles. The van der Waals surface area contributed by atoms with E-state index in [1.807, 2.05) is 13.8 Å². The maximum Gasteiger partial charge on any atom is 0.125 e. The number of rotatable bonds is 8. The number of ether oxygens (including phenoxy) is 1. The first-order chi connectivity index (χ1) is 9.89. The van der Waals surface area contributed by atoms with Gasteiger partial charge in [0.1, 0.15) is 5.75 Å². The monoisotopic (exact) mass is 352 g/mol. The van der Waals surface area contributed by atoms with E-state index < -0.39 is 0 Å². The first-order valence-electron chi connectivity index (χ1n) is 7.43. The summed E-state index contributed by atoms with van der Waals surface area (Å²) in [7, 11) is 0. The van der Waals surface area contributed by atoms with E-state index in [1.54, 1.807) is 0 Å². The third-order valence-electron chi connectivity index (χ3n) is 3.48. The highest BCUT2D eigenvalue weighted by Gasteiger charge is 2.15. The fraction of sp³-hybridized carbons (Fsp3) is 0.588. The Bertz CT molecular complexity index is 506. The van der Waals surface area contributed by atoms with E-state index in [9.17, 15) is 0 Å². The Morgan fingerprint density at radius 1 is 1.33 bits per heavy atom. The Labute approximate surface area is 136 Å². The maximum absolute atomic E-state index is 8.99. The number of aryl methyl sites for hydroxylation is 1. The number of hydrogen-bond donors (Lipinski definition) is 1. The molecule has 0 fully saturated rings. The van der Waals surface area contributed by atoms with Crippen molar-refractivity contribution in [3.05, 3.63) is 27.7 Å². The Morgan fingerprint density at radius 3 is 2.67 bits per heavy atom. The van der Waals surface area contributed by atoms with Crippen LogP contribution < -0.4 is 10.5 Å². The van der Waals surface area contributed by atoms with E-state index in [0.717, 1.165) is 47.0 Å². The fourth-order valence-electron chi connectivity index (χ4n) is 2.25. The molecule has 21 heavy (non-hydrogen) atoms. The molecule has 0 saturated heterocycles. The van der Waals surface area contributed by atoms with Crippen LogP contribution in [0.15, 0.2) is 16.6 Å². The molecule has 1 aromatic rings. The lowest BCUT2D eigenvalue weighted by molar-refractivity contribution is 0.290. The molecular formula is C17H25BrN2O. The molecule has 0 saturated carbocycles. The van der Waals surface area contributed by atoms with E-state index in [1.165, 1.54) is 0 Å². The van der Waals surface area contributed by atoms with Gasteiger partial charge >= 0.3 is 0 Å². The first-order valence-corrected chi connectivity index (χ1v) is 8.22. The smallest absolute Gasteiger partial charge is 0.125 e. The standard InChI is InChI=1S/C17H25BrN2O/c1-13-10-15(18)11-14(6-8-19)16(13)21-9-5-4-7-17(2,3)12-20/h10-11H,4-9,19H2,1-3H3. The van der Waals surface area contributed by atoms with Crippen LogP contribution in [-0.4, -0.2) is 13.2 Å². The van der Waals surface area contributed by atoms with Gasteiger partial charge in [-0.3, -0.25) is 0 Å². The van der Waals surface area contributed by atoms with E-state index in [0.29, 0.717) is 13.2 Å². The minimum absolute atomic E-state index is 0.238. The number of nitriles is 1. The lowest BCUT2D eigenvalue weighted by Crippen LogP contribution is -2.10. The molecular weight excluding hydrogens is 328 g/mol. The highest BCUT2D eigenvalue weighted by atomic mass is 79.9. The van der Waals surface area contributed by atoms with Crippen molar-refractivity contribution < 1.29 is 4.74 Å². The van der Waals surface area contributed by atoms with E-state index in [-0.39, 0.29) is 5.41 Å². The zero-order valence-corrected chi connectivity index (χ0v) is 14.8. The number of hydrogen-bond acceptors (Lipinski definition) is 3. The molecule has 116 valence electrons. The van der Waals surface area contributed by atoms with Gasteiger partial charge in [-0.2, -0.15) is 5.26 Å². The second-order valence-corrected chi connectivity index (χ2v) is 6.97. The average Bonchev–Trinajstić information content (AvgIpc) is 2.41. The number of unbranched alkanes of at least 4 members (excludes halogenated alkanes) is 1. The van der Waals surface area contributed by atoms with Gasteiger partial charge in [0.05, 0.1) is 18.1 Å². The van der Waals surface area contributed by atoms with Crippen molar-refractivity contribution in [3.63, 3.8) is 0 Å². The van der Waals surface area contributed by atoms with Crippen LogP contribution in [0.5, 0.6) is 5.75 Å². The van der Waals surface area contributed by atoms with Gasteiger partial charge in [-0.25, -0.2) is 0 Å². The molecule has 2 N–H and O–H groups in total. The molecule has 0 unspecified atom stereocenters. The third-order valence-corrected chi connectivity index (χ3v) is 3.93. The lowest BCUT2D eigenvalue weighted by Gasteiger charge is -2.16. The summed E-state index contributed by atoms with van der Waals surface area (Å²) >= 11 is 3.51. The van der Waals surface area contributed by atoms with Gasteiger partial charge in [0.25, 0.3) is 0 Å². The molecule has 0 bridgehead atoms. The number of nitrogens with two attached hydrogens (primary N) is 1. The van der Waals surface area contributed by atoms with Gasteiger partial charge in [0.15, 0.2) is 0 Å². The van der Waals surface area contributed by atoms with Gasteiger partial charge in [-0.1, -0.05) is 15.9 Å². The molecule has 0 aliphatic carbocycles. The molecule has 0 heterocycles. The van der Waals surface area contributed by atoms with Crippen molar-refractivity contribution in [2.75, 3.05) is 13.2 Å². The summed E-state index contributed by atoms with van der Waals surface area (Å²) in [4.78, 5) is 0. The molecule has 0 aliphatic heterocycles. The average molecular weight is 353 g/mol. The largest absolute Gasteiger partial charge is 0.493 e. The summed E-state index contributed by atoms with van der Waals surface area (Å²) in [5, 5.41) is 8.99. The van der Waals surface area contributed by atoms with E-state index >= 15 is 0 Å². The number of benzene rings is 1. The minimum atomic E-state index is -0.238. The van der Waals surface area contributed by atoms with Crippen molar-refractivity contribution in [2.24, 2.45) is 11.1 Å². The number of halogens is 1. The van der Waals surface area contributed by atoms with Crippen LogP contribution in [0.2, 0.25) is 0 Å². The fourth-order valence-corrected chi connectivity index (χ4v) is 2.87. The molecule has 1 rings (SSSR count). The van der Waals surface area contributed by atoms with Crippen LogP contribution >= 0.6 is 15.9 Å². The number of nitrogens with zero attached hydrogens (tertiary/aromatic N) is 1. The summed E-state index contributed by atoms with van der Waals surface area (Å²) in [6.07, 6.45) is 3.68. The van der Waals surface area contributed by atoms with Crippen LogP contribution in [0.4, 0.5) is 0 Å². The zero-order valence-electron chi connectivity index (χ0n) is 13.2. The molecule has 0 radical (unpaired) electrons. The Balaban J connectivity index is 2.54. The lowest BCUT2D eigenvalue weighted by atomic mass is 9.89. The van der Waals surface area contributed by atoms with Gasteiger partial charge < -0.3 is 10.5 Å². The quantitative estimate of drug-likeness (QED) is 0.707. The highest BCUT2D eigenvalue weighted by molar-refractivity contribution is 9.10. The van der Waals surface area contributed by atoms with Gasteiger partial charge in [-0.05, 0) is 76.3 Å². The van der Waals surface area contributed by atoms with Crippen molar-refractivity contribution in [1.29, 1.82) is 5.26 Å². The Hall–Kier alpha value is -1.05. The molecule has 0 spiro atoms. The summed E-state index contributed by atoms with van der Waals surface area (Å²) in [5.41, 5.74) is 7.71. The molecule has 4 heteroatoms. The van der Waals surface area contributed by atoms with Crippen molar-refractivity contribution in [2.45, 2.75) is 46.5 Å². The van der Waals surface area contributed by atoms with Crippen LogP contribution in [0.25, 0.3) is 0 Å². The predicted octanol–water partition coefficient (Wildman–Crippen LogP) is 4.36. The van der Waals surface area contributed by atoms with Gasteiger partial charge in [-0.15, -0.1) is 0 Å². The summed E-state index contributed by atoms with van der Waals surface area (Å²) in [6.45, 7) is 7.31. The molecule has 3 nitrogen and oxygen atoms in total. The molecule has 0 aliphatic rings. The zero-order chi connectivity index (χ0) is 15.9. The van der Waals surface area contributed by atoms with Crippen molar-refractivity contribution >= 4 is 15.9 Å². The second kappa shape index (κ2) is 8.41. The topological polar surface area (TPSA) is 59.0 Å². The van der Waals surface area contributed by atoms with Crippen LogP contribution in [-0.2, 0) is 6.42 Å². The van der Waals surface area contributed by atoms with Crippen LogP contribution in [0.3, 0.4) is 0 Å². The van der Waals surface area contributed by atoms with E-state index in [4.69, 9.17) is 15.7 Å². The summed E-state index contributed by atoms with van der Waals surface area (Å²) in [5.74, 6) is 0.961. The Kier molecular flexibility index (Phi) is 7.21. The molecule has 0 aromatic heterocycles. The third kappa shape index (κ3) is 6.07. The summed E-state index contributed by atoms with van der Waals surface area (Å²) in [6, 6.07) is 6.47. The predicted molar refractivity (Wildman–Crippen MR) is 90.4 cm³/mol. The van der Waals surface area contributed by atoms with Gasteiger partial charge in [0.2, 0.25) is 0 Å². The Morgan fingerprint density at radius 2 is 2.05 bits per heavy atom. The van der Waals surface area contributed by atoms with E-state index in [2.05, 4.69) is 41.1 Å². The second-order valence-electron chi connectivity index (χ2n) is 6.05. The minimum Gasteiger partial charge on any atom is -0.493 e. The van der Waals surface area contributed by atoms with Gasteiger partial charge in [0, 0.05) is 4.47 Å². The SMILES string of the molecule is Cc1cc(Br)cc(CCN)c1OCCCCC(C)(C)C#N. The molecule has 0 atom stereocenters. The summed E-state index contributed by atoms with van der Waals surface area (Å²) < 4.78 is 7.03. The normalized spacial score (nSPS) is 11.2. The van der Waals surface area contributed by atoms with Crippen molar-refractivity contribution in [1.82, 2.24) is 0 Å². The molecule has 0 amide bonds. The highest BCUT2D eigenvalue weighted by Crippen LogP contribution is 2.29. The maximum atomic E-state index is 8.99. The van der Waals surface area contributed by atoms with Crippen LogP contribution in [0.1, 0.15) is 44.2 Å². The van der Waals surface area contributed by atoms with Crippen LogP contribution in [0, 0.1) is 23.7 Å². The van der Waals surface area contributed by atoms with Crippen molar-refractivity contribution in [3.8, 4) is 11.8 Å².